The topological polar surface area (TPSA) is 26.3 Å². The van der Waals surface area contributed by atoms with E-state index in [1.165, 1.54) is 6.92 Å². The van der Waals surface area contributed by atoms with Crippen LogP contribution in [0.1, 0.15) is 26.3 Å². The van der Waals surface area contributed by atoms with Crippen LogP contribution >= 0.6 is 15.9 Å². The van der Waals surface area contributed by atoms with E-state index in [1.54, 1.807) is 0 Å². The summed E-state index contributed by atoms with van der Waals surface area (Å²) in [5, 5.41) is 0. The van der Waals surface area contributed by atoms with Crippen molar-refractivity contribution in [1.82, 2.24) is 0 Å². The Morgan fingerprint density at radius 2 is 2.06 bits per heavy atom. The van der Waals surface area contributed by atoms with Crippen LogP contribution in [0.4, 0.5) is 0 Å². The van der Waals surface area contributed by atoms with E-state index in [-0.39, 0.29) is 5.97 Å². The van der Waals surface area contributed by atoms with Crippen molar-refractivity contribution in [3.8, 4) is 0 Å². The molecular formula is C14H17BrO2. The van der Waals surface area contributed by atoms with Gasteiger partial charge in [0.15, 0.2) is 0 Å². The van der Waals surface area contributed by atoms with Gasteiger partial charge in [0.2, 0.25) is 0 Å². The highest BCUT2D eigenvalue weighted by Crippen LogP contribution is 2.21. The second-order valence-electron chi connectivity index (χ2n) is 4.18. The lowest BCUT2D eigenvalue weighted by Gasteiger charge is -2.12. The molecule has 0 saturated carbocycles. The van der Waals surface area contributed by atoms with Crippen LogP contribution in [0.3, 0.4) is 0 Å². The zero-order valence-electron chi connectivity index (χ0n) is 10.4. The van der Waals surface area contributed by atoms with E-state index in [0.29, 0.717) is 12.5 Å². The number of carbonyl (C=O) groups excluding carboxylic acids is 1. The summed E-state index contributed by atoms with van der Waals surface area (Å²) in [7, 11) is 0. The molecule has 92 valence electrons. The van der Waals surface area contributed by atoms with Crippen molar-refractivity contribution in [3.63, 3.8) is 0 Å². The molecule has 2 nitrogen and oxygen atoms in total. The van der Waals surface area contributed by atoms with E-state index >= 15 is 0 Å². The number of ether oxygens (including phenoxy) is 1. The number of carbonyl (C=O) groups is 1. The van der Waals surface area contributed by atoms with Gasteiger partial charge in [0, 0.05) is 11.4 Å². The van der Waals surface area contributed by atoms with E-state index in [1.807, 2.05) is 24.3 Å². The fourth-order valence-corrected chi connectivity index (χ4v) is 1.75. The van der Waals surface area contributed by atoms with Crippen LogP contribution in [0.5, 0.6) is 0 Å². The lowest BCUT2D eigenvalue weighted by molar-refractivity contribution is -0.140. The van der Waals surface area contributed by atoms with Gasteiger partial charge in [-0.1, -0.05) is 54.1 Å². The molecule has 1 aromatic rings. The molecule has 0 amide bonds. The minimum atomic E-state index is -0.247. The Balaban J connectivity index is 2.90. The number of hydrogen-bond acceptors (Lipinski definition) is 2. The zero-order valence-corrected chi connectivity index (χ0v) is 12.0. The molecule has 0 spiro atoms. The van der Waals surface area contributed by atoms with Gasteiger partial charge in [-0.25, -0.2) is 0 Å². The molecule has 0 aliphatic rings. The highest BCUT2D eigenvalue weighted by molar-refractivity contribution is 9.10. The Hall–Kier alpha value is -1.09. The van der Waals surface area contributed by atoms with Crippen LogP contribution in [0.2, 0.25) is 0 Å². The van der Waals surface area contributed by atoms with Gasteiger partial charge in [-0.15, -0.1) is 0 Å². The molecule has 0 bridgehead atoms. The fraction of sp³-hybridized carbons (Fsp3) is 0.357. The van der Waals surface area contributed by atoms with E-state index in [2.05, 4.69) is 35.9 Å². The molecule has 0 aromatic heterocycles. The van der Waals surface area contributed by atoms with Gasteiger partial charge in [0.05, 0.1) is 0 Å². The van der Waals surface area contributed by atoms with Crippen molar-refractivity contribution < 1.29 is 9.53 Å². The van der Waals surface area contributed by atoms with E-state index < -0.39 is 0 Å². The Bertz CT molecular complexity index is 422. The maximum atomic E-state index is 10.8. The molecule has 0 aliphatic heterocycles. The normalized spacial score (nSPS) is 11.7. The highest BCUT2D eigenvalue weighted by atomic mass is 79.9. The summed E-state index contributed by atoms with van der Waals surface area (Å²) in [6.45, 7) is 5.96. The lowest BCUT2D eigenvalue weighted by atomic mass is 10.0. The summed E-state index contributed by atoms with van der Waals surface area (Å²) in [6.07, 6.45) is 2.07. The molecule has 0 radical (unpaired) electrons. The summed E-state index contributed by atoms with van der Waals surface area (Å²) < 4.78 is 6.10. The van der Waals surface area contributed by atoms with Crippen LogP contribution in [0, 0.1) is 5.92 Å². The molecule has 0 saturated heterocycles. The van der Waals surface area contributed by atoms with Gasteiger partial charge in [-0.3, -0.25) is 4.79 Å². The van der Waals surface area contributed by atoms with Gasteiger partial charge in [0.1, 0.15) is 6.61 Å². The first-order valence-electron chi connectivity index (χ1n) is 5.59. The average Bonchev–Trinajstić information content (AvgIpc) is 2.25. The first-order valence-corrected chi connectivity index (χ1v) is 6.38. The number of esters is 1. The average molecular weight is 297 g/mol. The van der Waals surface area contributed by atoms with E-state index in [4.69, 9.17) is 4.74 Å². The monoisotopic (exact) mass is 296 g/mol. The smallest absolute Gasteiger partial charge is 0.302 e. The lowest BCUT2D eigenvalue weighted by Crippen LogP contribution is -2.07. The third-order valence-corrected chi connectivity index (χ3v) is 3.15. The number of hydrogen-bond donors (Lipinski definition) is 0. The second-order valence-corrected chi connectivity index (χ2v) is 5.03. The van der Waals surface area contributed by atoms with Crippen LogP contribution in [-0.4, -0.2) is 12.6 Å². The Kier molecular flexibility index (Phi) is 5.42. The zero-order chi connectivity index (χ0) is 12.8. The summed E-state index contributed by atoms with van der Waals surface area (Å²) in [5.74, 6) is 0.102. The predicted octanol–water partition coefficient (Wildman–Crippen LogP) is 4.05. The number of rotatable bonds is 4. The summed E-state index contributed by atoms with van der Waals surface area (Å²) in [6, 6.07) is 7.98. The molecule has 0 unspecified atom stereocenters. The molecule has 0 heterocycles. The molecule has 17 heavy (non-hydrogen) atoms. The van der Waals surface area contributed by atoms with Crippen molar-refractivity contribution in [3.05, 3.63) is 39.9 Å². The van der Waals surface area contributed by atoms with Crippen molar-refractivity contribution in [2.24, 2.45) is 5.92 Å². The van der Waals surface area contributed by atoms with Crippen LogP contribution < -0.4 is 0 Å². The molecule has 0 fully saturated rings. The molecule has 1 rings (SSSR count). The predicted molar refractivity (Wildman–Crippen MR) is 73.6 cm³/mol. The molecular weight excluding hydrogens is 280 g/mol. The van der Waals surface area contributed by atoms with E-state index in [0.717, 1.165) is 15.6 Å². The van der Waals surface area contributed by atoms with Crippen molar-refractivity contribution in [2.75, 3.05) is 6.61 Å². The largest absolute Gasteiger partial charge is 0.461 e. The number of benzene rings is 1. The first kappa shape index (κ1) is 14.0. The molecule has 0 aliphatic carbocycles. The summed E-state index contributed by atoms with van der Waals surface area (Å²) in [4.78, 5) is 10.8. The minimum absolute atomic E-state index is 0.247. The van der Waals surface area contributed by atoms with Gasteiger partial charge in [-0.2, -0.15) is 0 Å². The number of halogens is 1. The van der Waals surface area contributed by atoms with Crippen LogP contribution in [-0.2, 0) is 9.53 Å². The maximum absolute atomic E-state index is 10.8. The standard InChI is InChI=1S/C14H17BrO2/c1-10(2)13(9-17-11(3)16)8-12-6-4-5-7-14(12)15/h4-8,10H,9H2,1-3H3. The van der Waals surface area contributed by atoms with Crippen molar-refractivity contribution >= 4 is 28.0 Å². The molecule has 0 N–H and O–H groups in total. The quantitative estimate of drug-likeness (QED) is 0.784. The maximum Gasteiger partial charge on any atom is 0.302 e. The summed E-state index contributed by atoms with van der Waals surface area (Å²) >= 11 is 3.50. The highest BCUT2D eigenvalue weighted by Gasteiger charge is 2.06. The van der Waals surface area contributed by atoms with Crippen LogP contribution in [0.25, 0.3) is 6.08 Å². The second kappa shape index (κ2) is 6.60. The van der Waals surface area contributed by atoms with Gasteiger partial charge in [-0.05, 0) is 23.1 Å². The minimum Gasteiger partial charge on any atom is -0.461 e. The fourth-order valence-electron chi connectivity index (χ4n) is 1.35. The van der Waals surface area contributed by atoms with Gasteiger partial charge < -0.3 is 4.74 Å². The molecule has 3 heteroatoms. The molecule has 1 aromatic carbocycles. The van der Waals surface area contributed by atoms with Gasteiger partial charge in [0.25, 0.3) is 0 Å². The Morgan fingerprint density at radius 1 is 1.41 bits per heavy atom. The third-order valence-electron chi connectivity index (χ3n) is 2.43. The van der Waals surface area contributed by atoms with Crippen molar-refractivity contribution in [2.45, 2.75) is 20.8 Å². The third kappa shape index (κ3) is 4.73. The Morgan fingerprint density at radius 3 is 2.59 bits per heavy atom. The van der Waals surface area contributed by atoms with Crippen molar-refractivity contribution in [1.29, 1.82) is 0 Å². The molecule has 0 atom stereocenters. The first-order chi connectivity index (χ1) is 8.00. The van der Waals surface area contributed by atoms with Gasteiger partial charge >= 0.3 is 5.97 Å². The van der Waals surface area contributed by atoms with Crippen LogP contribution in [0.15, 0.2) is 34.3 Å². The van der Waals surface area contributed by atoms with E-state index in [9.17, 15) is 4.79 Å². The Labute approximate surface area is 111 Å². The summed E-state index contributed by atoms with van der Waals surface area (Å²) in [5.41, 5.74) is 2.20. The SMILES string of the molecule is CC(=O)OCC(=Cc1ccccc1Br)C(C)C.